The molecule has 0 aliphatic carbocycles. The lowest BCUT2D eigenvalue weighted by atomic mass is 9.66. The smallest absolute Gasteiger partial charge is 0.304 e. The van der Waals surface area contributed by atoms with Gasteiger partial charge < -0.3 is 14.6 Å². The summed E-state index contributed by atoms with van der Waals surface area (Å²) in [6.45, 7) is 7.59. The third-order valence-corrected chi connectivity index (χ3v) is 8.08. The van der Waals surface area contributed by atoms with Gasteiger partial charge in [0, 0.05) is 27.8 Å². The Morgan fingerprint density at radius 3 is 2.33 bits per heavy atom. The average molecular weight is 554 g/mol. The van der Waals surface area contributed by atoms with E-state index in [9.17, 15) is 23.5 Å². The average Bonchev–Trinajstić information content (AvgIpc) is 2.75. The summed E-state index contributed by atoms with van der Waals surface area (Å²) in [4.78, 5) is 27.9. The molecular formula is C27H32Cl2NO5S-. The Labute approximate surface area is 225 Å². The van der Waals surface area contributed by atoms with Crippen LogP contribution in [0.5, 0.6) is 0 Å². The number of carboxylic acids is 1. The van der Waals surface area contributed by atoms with E-state index >= 15 is 0 Å². The van der Waals surface area contributed by atoms with Crippen molar-refractivity contribution in [1.29, 1.82) is 0 Å². The zero-order valence-electron chi connectivity index (χ0n) is 20.9. The van der Waals surface area contributed by atoms with Gasteiger partial charge in [0.1, 0.15) is 0 Å². The van der Waals surface area contributed by atoms with Gasteiger partial charge >= 0.3 is 5.97 Å². The minimum atomic E-state index is -2.29. The van der Waals surface area contributed by atoms with Gasteiger partial charge in [-0.05, 0) is 53.6 Å². The Morgan fingerprint density at radius 2 is 1.81 bits per heavy atom. The van der Waals surface area contributed by atoms with E-state index in [0.29, 0.717) is 16.5 Å². The molecule has 2 aromatic carbocycles. The number of hydrogen-bond donors (Lipinski definition) is 1. The zero-order chi connectivity index (χ0) is 26.8. The largest absolute Gasteiger partial charge is 0.772 e. The summed E-state index contributed by atoms with van der Waals surface area (Å²) in [6.07, 6.45) is 0.185. The fourth-order valence-corrected chi connectivity index (χ4v) is 6.16. The Bertz CT molecular complexity index is 1130. The molecule has 1 fully saturated rings. The first-order valence-electron chi connectivity index (χ1n) is 11.8. The van der Waals surface area contributed by atoms with Gasteiger partial charge in [-0.1, -0.05) is 86.2 Å². The summed E-state index contributed by atoms with van der Waals surface area (Å²) in [5.74, 6) is -1.75. The molecule has 36 heavy (non-hydrogen) atoms. The molecule has 3 rings (SSSR count). The fraction of sp³-hybridized carbons (Fsp3) is 0.481. The molecule has 1 aliphatic rings. The van der Waals surface area contributed by atoms with Crippen LogP contribution in [0.1, 0.15) is 70.0 Å². The Hall–Kier alpha value is -1.93. The monoisotopic (exact) mass is 552 g/mol. The van der Waals surface area contributed by atoms with E-state index in [1.54, 1.807) is 30.0 Å². The number of rotatable bonds is 8. The second-order valence-corrected chi connectivity index (χ2v) is 12.8. The molecule has 9 heteroatoms. The van der Waals surface area contributed by atoms with Crippen LogP contribution in [-0.4, -0.2) is 42.4 Å². The number of nitrogens with zero attached hydrogens (tertiary/aromatic N) is 1. The van der Waals surface area contributed by atoms with Crippen molar-refractivity contribution in [3.05, 3.63) is 69.7 Å². The number of hydrogen-bond acceptors (Lipinski definition) is 4. The molecule has 1 N–H and O–H groups in total. The maximum Gasteiger partial charge on any atom is 0.304 e. The van der Waals surface area contributed by atoms with Gasteiger partial charge in [0.2, 0.25) is 5.91 Å². The van der Waals surface area contributed by atoms with Gasteiger partial charge in [-0.15, -0.1) is 0 Å². The van der Waals surface area contributed by atoms with Crippen molar-refractivity contribution < 1.29 is 23.5 Å². The molecule has 1 amide bonds. The zero-order valence-corrected chi connectivity index (χ0v) is 23.2. The number of carbonyl (C=O) groups excluding carboxylic acids is 1. The lowest BCUT2D eigenvalue weighted by molar-refractivity contribution is -0.163. The number of carboxylic acid groups (broad SMARTS) is 1. The highest BCUT2D eigenvalue weighted by atomic mass is 35.5. The molecule has 1 heterocycles. The summed E-state index contributed by atoms with van der Waals surface area (Å²) in [6, 6.07) is 13.7. The number of amides is 1. The van der Waals surface area contributed by atoms with Crippen molar-refractivity contribution in [2.45, 2.75) is 65.0 Å². The molecule has 0 aromatic heterocycles. The first kappa shape index (κ1) is 28.6. The minimum absolute atomic E-state index is 0.115. The van der Waals surface area contributed by atoms with Crippen LogP contribution in [0.25, 0.3) is 0 Å². The Balaban J connectivity index is 2.29. The molecule has 0 spiro atoms. The summed E-state index contributed by atoms with van der Waals surface area (Å²) in [5.41, 5.74) is 0.0475. The van der Waals surface area contributed by atoms with Crippen molar-refractivity contribution in [1.82, 2.24) is 4.90 Å². The molecule has 0 saturated carbocycles. The fourth-order valence-electron chi connectivity index (χ4n) is 5.42. The molecular weight excluding hydrogens is 521 g/mol. The van der Waals surface area contributed by atoms with Crippen LogP contribution in [0.2, 0.25) is 10.0 Å². The van der Waals surface area contributed by atoms with Gasteiger partial charge in [-0.3, -0.25) is 13.8 Å². The Kier molecular flexibility index (Phi) is 8.92. The summed E-state index contributed by atoms with van der Waals surface area (Å²) >= 11 is 10.2. The molecule has 5 atom stereocenters. The minimum Gasteiger partial charge on any atom is -0.772 e. The van der Waals surface area contributed by atoms with E-state index < -0.39 is 40.0 Å². The summed E-state index contributed by atoms with van der Waals surface area (Å²) in [5, 5.41) is 10.8. The molecule has 5 unspecified atom stereocenters. The highest BCUT2D eigenvalue weighted by Crippen LogP contribution is 2.53. The molecule has 0 radical (unpaired) electrons. The van der Waals surface area contributed by atoms with Gasteiger partial charge in [-0.2, -0.15) is 0 Å². The van der Waals surface area contributed by atoms with E-state index in [-0.39, 0.29) is 30.4 Å². The lowest BCUT2D eigenvalue weighted by Crippen LogP contribution is -2.59. The topological polar surface area (TPSA) is 97.7 Å². The number of benzene rings is 2. The van der Waals surface area contributed by atoms with E-state index in [1.165, 1.54) is 0 Å². The highest BCUT2D eigenvalue weighted by Gasteiger charge is 2.53. The van der Waals surface area contributed by atoms with Gasteiger partial charge in [0.25, 0.3) is 0 Å². The number of piperidine rings is 1. The summed E-state index contributed by atoms with van der Waals surface area (Å²) in [7, 11) is 0. The molecule has 6 nitrogen and oxygen atoms in total. The van der Waals surface area contributed by atoms with Crippen LogP contribution in [-0.2, 0) is 20.7 Å². The van der Waals surface area contributed by atoms with E-state index in [2.05, 4.69) is 0 Å². The van der Waals surface area contributed by atoms with Crippen molar-refractivity contribution in [3.8, 4) is 0 Å². The van der Waals surface area contributed by atoms with Gasteiger partial charge in [0.05, 0.1) is 17.9 Å². The SMILES string of the molecule is CC1(CC(=O)O)CC(c2cccc(Cl)c2)C(c2ccc(Cl)cc2)N(C(CCS(=O)[O-])C(C)(C)C)C1=O. The summed E-state index contributed by atoms with van der Waals surface area (Å²) < 4.78 is 23.1. The first-order valence-corrected chi connectivity index (χ1v) is 13.8. The number of halogens is 2. The maximum absolute atomic E-state index is 14.3. The van der Waals surface area contributed by atoms with Crippen molar-refractivity contribution in [3.63, 3.8) is 0 Å². The van der Waals surface area contributed by atoms with Crippen LogP contribution < -0.4 is 0 Å². The standard InChI is InChI=1S/C27H33Cl2NO5S/c1-26(2,3)22(12-13-36(34)35)30-24(17-8-10-19(28)11-9-17)21(18-6-5-7-20(29)14-18)15-27(4,25(30)33)16-23(31)32/h5-11,14,21-22,24H,12-13,15-16H2,1-4H3,(H,31,32)(H,34,35)/p-1. The number of aliphatic carboxylic acids is 1. The predicted molar refractivity (Wildman–Crippen MR) is 142 cm³/mol. The molecule has 1 saturated heterocycles. The van der Waals surface area contributed by atoms with Crippen LogP contribution in [0.3, 0.4) is 0 Å². The van der Waals surface area contributed by atoms with E-state index in [4.69, 9.17) is 23.2 Å². The third kappa shape index (κ3) is 6.49. The van der Waals surface area contributed by atoms with Crippen LogP contribution in [0.4, 0.5) is 0 Å². The first-order chi connectivity index (χ1) is 16.7. The van der Waals surface area contributed by atoms with Crippen LogP contribution in [0.15, 0.2) is 48.5 Å². The molecule has 2 aromatic rings. The highest BCUT2D eigenvalue weighted by molar-refractivity contribution is 7.79. The second-order valence-electron chi connectivity index (χ2n) is 10.9. The van der Waals surface area contributed by atoms with E-state index in [1.807, 2.05) is 51.1 Å². The second kappa shape index (κ2) is 11.2. The van der Waals surface area contributed by atoms with Crippen molar-refractivity contribution >= 4 is 46.2 Å². The third-order valence-electron chi connectivity index (χ3n) is 7.03. The van der Waals surface area contributed by atoms with Gasteiger partial charge in [-0.25, -0.2) is 0 Å². The van der Waals surface area contributed by atoms with Crippen molar-refractivity contribution in [2.75, 3.05) is 5.75 Å². The van der Waals surface area contributed by atoms with Gasteiger partial charge in [0.15, 0.2) is 0 Å². The quantitative estimate of drug-likeness (QED) is 0.392. The molecule has 1 aliphatic heterocycles. The maximum atomic E-state index is 14.3. The van der Waals surface area contributed by atoms with E-state index in [0.717, 1.165) is 11.1 Å². The Morgan fingerprint density at radius 1 is 1.17 bits per heavy atom. The normalized spacial score (nSPS) is 24.4. The number of carbonyl (C=O) groups is 2. The molecule has 0 bridgehead atoms. The predicted octanol–water partition coefficient (Wildman–Crippen LogP) is 6.22. The lowest BCUT2D eigenvalue weighted by Gasteiger charge is -2.54. The van der Waals surface area contributed by atoms with Crippen molar-refractivity contribution in [2.24, 2.45) is 10.8 Å². The number of likely N-dealkylation sites (tertiary alicyclic amines) is 1. The van der Waals surface area contributed by atoms with Crippen LogP contribution in [0, 0.1) is 10.8 Å². The van der Waals surface area contributed by atoms with Crippen LogP contribution >= 0.6 is 23.2 Å². The molecule has 196 valence electrons.